The number of hydrogen-bond acceptors (Lipinski definition) is 8. The number of methoxy groups -OCH3 is 1. The monoisotopic (exact) mass is 446 g/mol. The van der Waals surface area contributed by atoms with E-state index in [1.807, 2.05) is 0 Å². The smallest absolute Gasteiger partial charge is 0.170 e. The van der Waals surface area contributed by atoms with E-state index < -0.39 is 35.2 Å². The van der Waals surface area contributed by atoms with Gasteiger partial charge in [-0.1, -0.05) is 13.8 Å². The van der Waals surface area contributed by atoms with Gasteiger partial charge in [0, 0.05) is 41.5 Å². The summed E-state index contributed by atoms with van der Waals surface area (Å²) < 4.78 is 5.25. The Hall–Kier alpha value is -3.42. The van der Waals surface area contributed by atoms with Gasteiger partial charge in [0.1, 0.15) is 45.6 Å². The van der Waals surface area contributed by atoms with Crippen LogP contribution in [-0.2, 0) is 6.42 Å². The molecule has 0 bridgehead atoms. The Bertz CT molecular complexity index is 1070. The number of Topliss-reactive ketones (excluding diaryl/α,β-unsaturated/α-hetero) is 2. The molecule has 0 heterocycles. The summed E-state index contributed by atoms with van der Waals surface area (Å²) in [6.45, 7) is 6.47. The van der Waals surface area contributed by atoms with Crippen LogP contribution in [0, 0.1) is 13.8 Å². The molecular weight excluding hydrogens is 416 g/mol. The van der Waals surface area contributed by atoms with Crippen LogP contribution in [0.5, 0.6) is 34.5 Å². The maximum absolute atomic E-state index is 12.7. The van der Waals surface area contributed by atoms with Gasteiger partial charge in [-0.05, 0) is 26.7 Å². The summed E-state index contributed by atoms with van der Waals surface area (Å²) in [5, 5.41) is 53.3. The molecule has 0 spiro atoms. The van der Waals surface area contributed by atoms with Crippen LogP contribution in [0.4, 0.5) is 0 Å². The number of phenols is 5. The predicted octanol–water partition coefficient (Wildman–Crippen LogP) is 4.40. The minimum atomic E-state index is -0.641. The van der Waals surface area contributed by atoms with Crippen molar-refractivity contribution in [2.75, 3.05) is 7.11 Å². The third-order valence-electron chi connectivity index (χ3n) is 5.56. The summed E-state index contributed by atoms with van der Waals surface area (Å²) in [7, 11) is 1.32. The first-order valence-electron chi connectivity index (χ1n) is 10.5. The number of ether oxygens (including phenoxy) is 1. The van der Waals surface area contributed by atoms with E-state index in [1.54, 1.807) is 13.8 Å². The van der Waals surface area contributed by atoms with Crippen molar-refractivity contribution < 1.29 is 39.9 Å². The molecule has 0 atom stereocenters. The molecule has 0 aliphatic carbocycles. The maximum atomic E-state index is 12.7. The summed E-state index contributed by atoms with van der Waals surface area (Å²) >= 11 is 0. The number of ketones is 2. The Balaban J connectivity index is 2.80. The second-order valence-corrected chi connectivity index (χ2v) is 7.76. The average Bonchev–Trinajstić information content (AvgIpc) is 2.74. The molecule has 0 saturated carbocycles. The minimum absolute atomic E-state index is 0.0243. The lowest BCUT2D eigenvalue weighted by molar-refractivity contribution is 0.0967. The number of aromatic hydroxyl groups is 5. The van der Waals surface area contributed by atoms with Gasteiger partial charge in [0.15, 0.2) is 11.6 Å². The van der Waals surface area contributed by atoms with Crippen LogP contribution in [0.25, 0.3) is 0 Å². The van der Waals surface area contributed by atoms with Gasteiger partial charge in [0.2, 0.25) is 0 Å². The van der Waals surface area contributed by atoms with Gasteiger partial charge in [0.05, 0.1) is 7.11 Å². The van der Waals surface area contributed by atoms with Crippen LogP contribution in [0.1, 0.15) is 82.5 Å². The summed E-state index contributed by atoms with van der Waals surface area (Å²) in [6.07, 6.45) is 0.810. The molecule has 2 rings (SSSR count). The lowest BCUT2D eigenvalue weighted by Crippen LogP contribution is -2.08. The highest BCUT2D eigenvalue weighted by Crippen LogP contribution is 2.48. The fraction of sp³-hybridized carbons (Fsp3) is 0.417. The zero-order valence-electron chi connectivity index (χ0n) is 19.0. The van der Waals surface area contributed by atoms with Gasteiger partial charge >= 0.3 is 0 Å². The van der Waals surface area contributed by atoms with Crippen LogP contribution in [0.15, 0.2) is 0 Å². The molecule has 2 aromatic carbocycles. The summed E-state index contributed by atoms with van der Waals surface area (Å²) in [6, 6.07) is 0. The van der Waals surface area contributed by atoms with Crippen molar-refractivity contribution in [2.45, 2.75) is 59.8 Å². The third-order valence-corrected chi connectivity index (χ3v) is 5.56. The number of carbonyl (C=O) groups excluding carboxylic acids is 2. The van der Waals surface area contributed by atoms with Crippen molar-refractivity contribution in [3.8, 4) is 34.5 Å². The normalized spacial score (nSPS) is 10.9. The Morgan fingerprint density at radius 1 is 0.688 bits per heavy atom. The van der Waals surface area contributed by atoms with E-state index in [0.29, 0.717) is 12.8 Å². The Labute approximate surface area is 186 Å². The molecule has 0 aromatic heterocycles. The van der Waals surface area contributed by atoms with Crippen LogP contribution in [0.3, 0.4) is 0 Å². The highest BCUT2D eigenvalue weighted by Gasteiger charge is 2.30. The topological polar surface area (TPSA) is 145 Å². The van der Waals surface area contributed by atoms with Crippen molar-refractivity contribution in [1.29, 1.82) is 0 Å². The molecule has 0 aliphatic heterocycles. The van der Waals surface area contributed by atoms with Crippen molar-refractivity contribution in [3.05, 3.63) is 33.4 Å². The van der Waals surface area contributed by atoms with E-state index >= 15 is 0 Å². The molecule has 2 aromatic rings. The van der Waals surface area contributed by atoms with Crippen LogP contribution in [0.2, 0.25) is 0 Å². The molecule has 32 heavy (non-hydrogen) atoms. The predicted molar refractivity (Wildman–Crippen MR) is 119 cm³/mol. The maximum Gasteiger partial charge on any atom is 0.170 e. The Morgan fingerprint density at radius 2 is 1.12 bits per heavy atom. The van der Waals surface area contributed by atoms with Gasteiger partial charge in [-0.15, -0.1) is 0 Å². The Morgan fingerprint density at radius 3 is 1.59 bits per heavy atom. The summed E-state index contributed by atoms with van der Waals surface area (Å²) in [5.41, 5.74) is -0.531. The molecule has 0 unspecified atom stereocenters. The van der Waals surface area contributed by atoms with E-state index in [1.165, 1.54) is 21.0 Å². The van der Waals surface area contributed by atoms with Crippen molar-refractivity contribution in [2.24, 2.45) is 0 Å². The first kappa shape index (κ1) is 24.8. The van der Waals surface area contributed by atoms with Crippen molar-refractivity contribution >= 4 is 11.6 Å². The SMILES string of the molecule is CCCC(=O)c1c(O)c(C)c(O)c(Cc2c(O)c(C)c(OC)c(C(=O)CCC)c2O)c1O. The molecule has 8 nitrogen and oxygen atoms in total. The molecule has 5 N–H and O–H groups in total. The fourth-order valence-corrected chi connectivity index (χ4v) is 3.79. The lowest BCUT2D eigenvalue weighted by atomic mass is 9.90. The quantitative estimate of drug-likeness (QED) is 0.357. The first-order chi connectivity index (χ1) is 15.0. The van der Waals surface area contributed by atoms with E-state index in [9.17, 15) is 35.1 Å². The highest BCUT2D eigenvalue weighted by atomic mass is 16.5. The second kappa shape index (κ2) is 9.80. The third kappa shape index (κ3) is 4.17. The molecule has 0 aliphatic rings. The lowest BCUT2D eigenvalue weighted by Gasteiger charge is -2.20. The number of benzene rings is 2. The van der Waals surface area contributed by atoms with Crippen LogP contribution < -0.4 is 4.74 Å². The largest absolute Gasteiger partial charge is 0.507 e. The molecule has 0 amide bonds. The highest BCUT2D eigenvalue weighted by molar-refractivity contribution is 6.03. The average molecular weight is 446 g/mol. The van der Waals surface area contributed by atoms with Crippen LogP contribution >= 0.6 is 0 Å². The van der Waals surface area contributed by atoms with Gasteiger partial charge in [-0.3, -0.25) is 9.59 Å². The van der Waals surface area contributed by atoms with E-state index in [0.717, 1.165) is 0 Å². The van der Waals surface area contributed by atoms with Crippen molar-refractivity contribution in [1.82, 2.24) is 0 Å². The zero-order valence-corrected chi connectivity index (χ0v) is 19.0. The summed E-state index contributed by atoms with van der Waals surface area (Å²) in [4.78, 5) is 25.1. The first-order valence-corrected chi connectivity index (χ1v) is 10.5. The van der Waals surface area contributed by atoms with Crippen LogP contribution in [-0.4, -0.2) is 44.2 Å². The molecular formula is C24H30O8. The fourth-order valence-electron chi connectivity index (χ4n) is 3.79. The molecule has 8 heteroatoms. The standard InChI is InChI=1S/C24H30O8/c1-6-8-15(25)17-21(29)11(3)19(27)13(22(17)30)10-14-20(28)12(4)24(32-5)18(23(14)31)16(26)9-7-2/h27-31H,6-10H2,1-5H3. The number of hydrogen-bond donors (Lipinski definition) is 5. The van der Waals surface area contributed by atoms with Gasteiger partial charge in [-0.2, -0.15) is 0 Å². The van der Waals surface area contributed by atoms with Gasteiger partial charge < -0.3 is 30.3 Å². The van der Waals surface area contributed by atoms with E-state index in [4.69, 9.17) is 4.74 Å². The molecule has 0 saturated heterocycles. The number of carbonyl (C=O) groups is 2. The minimum Gasteiger partial charge on any atom is -0.507 e. The van der Waals surface area contributed by atoms with Gasteiger partial charge in [0.25, 0.3) is 0 Å². The van der Waals surface area contributed by atoms with Gasteiger partial charge in [-0.25, -0.2) is 0 Å². The van der Waals surface area contributed by atoms with E-state index in [2.05, 4.69) is 0 Å². The van der Waals surface area contributed by atoms with Crippen molar-refractivity contribution in [3.63, 3.8) is 0 Å². The number of phenolic OH excluding ortho intramolecular Hbond substituents is 5. The second-order valence-electron chi connectivity index (χ2n) is 7.76. The number of rotatable bonds is 9. The van der Waals surface area contributed by atoms with E-state index in [-0.39, 0.29) is 63.5 Å². The molecule has 0 fully saturated rings. The summed E-state index contributed by atoms with van der Waals surface area (Å²) in [5.74, 6) is -3.42. The molecule has 0 radical (unpaired) electrons. The Kier molecular flexibility index (Phi) is 7.61. The molecule has 174 valence electrons. The zero-order chi connectivity index (χ0) is 24.3.